The Morgan fingerprint density at radius 3 is 2.19 bits per heavy atom. The number of rotatable bonds is 3. The number of cyclic esters (lactones) is 1. The van der Waals surface area contributed by atoms with E-state index in [0.717, 1.165) is 0 Å². The summed E-state index contributed by atoms with van der Waals surface area (Å²) >= 11 is 26.0. The highest BCUT2D eigenvalue weighted by Gasteiger charge is 2.89. The molecule has 1 saturated heterocycles. The van der Waals surface area contributed by atoms with Gasteiger partial charge in [-0.1, -0.05) is 23.2 Å². The van der Waals surface area contributed by atoms with Gasteiger partial charge in [-0.15, -0.1) is 23.2 Å². The Balaban J connectivity index is 2.32. The summed E-state index contributed by atoms with van der Waals surface area (Å²) in [4.78, 5) is 9.09. The van der Waals surface area contributed by atoms with E-state index >= 15 is 0 Å². The van der Waals surface area contributed by atoms with Crippen molar-refractivity contribution in [3.8, 4) is 0 Å². The molecule has 118 valence electrons. The molecule has 5 nitrogen and oxygen atoms in total. The third-order valence-electron chi connectivity index (χ3n) is 4.71. The van der Waals surface area contributed by atoms with E-state index in [9.17, 15) is 9.90 Å². The zero-order chi connectivity index (χ0) is 15.8. The van der Waals surface area contributed by atoms with E-state index in [1.165, 1.54) is 14.2 Å². The summed E-state index contributed by atoms with van der Waals surface area (Å²) in [7, 11) is 2.69. The number of carbonyl (C=O) groups excluding carboxylic acids is 1. The van der Waals surface area contributed by atoms with Gasteiger partial charge in [0.15, 0.2) is 4.87 Å². The molecule has 1 N–H and O–H groups in total. The Labute approximate surface area is 141 Å². The van der Waals surface area contributed by atoms with E-state index in [1.54, 1.807) is 0 Å². The minimum Gasteiger partial charge on any atom is -0.459 e. The Kier molecular flexibility index (Phi) is 3.56. The Morgan fingerprint density at radius 2 is 1.71 bits per heavy atom. The maximum Gasteiger partial charge on any atom is 0.312 e. The first-order chi connectivity index (χ1) is 9.77. The van der Waals surface area contributed by atoms with Crippen LogP contribution in [0.4, 0.5) is 0 Å². The maximum absolute atomic E-state index is 12.2. The second-order valence-electron chi connectivity index (χ2n) is 5.24. The van der Waals surface area contributed by atoms with Crippen LogP contribution >= 0.6 is 46.4 Å². The third-order valence-corrected chi connectivity index (χ3v) is 7.34. The fourth-order valence-corrected chi connectivity index (χ4v) is 6.18. The number of halogens is 4. The van der Waals surface area contributed by atoms with E-state index in [4.69, 9.17) is 60.6 Å². The molecule has 0 aromatic rings. The zero-order valence-electron chi connectivity index (χ0n) is 11.0. The normalized spacial score (nSPS) is 47.0. The lowest BCUT2D eigenvalue weighted by atomic mass is 9.81. The Morgan fingerprint density at radius 1 is 1.19 bits per heavy atom. The number of aliphatic hydroxyl groups is 1. The molecule has 1 heterocycles. The SMILES string of the molecule is COC1(OC)[C@@]2(Cl)C(Cl)=C(Cl)[C@@]1(Cl)[C@H]1C(=O)O[C@H](CO)[C@H]12. The second-order valence-corrected chi connectivity index (χ2v) is 7.19. The molecular formula is C12H12Cl4O5. The largest absolute Gasteiger partial charge is 0.459 e. The van der Waals surface area contributed by atoms with Gasteiger partial charge in [-0.05, 0) is 0 Å². The topological polar surface area (TPSA) is 65.0 Å². The van der Waals surface area contributed by atoms with Crippen LogP contribution in [0.2, 0.25) is 0 Å². The number of aliphatic hydroxyl groups excluding tert-OH is 1. The van der Waals surface area contributed by atoms with Crippen LogP contribution < -0.4 is 0 Å². The first kappa shape index (κ1) is 16.1. The Hall–Kier alpha value is 0.250. The van der Waals surface area contributed by atoms with E-state index < -0.39 is 46.1 Å². The lowest BCUT2D eigenvalue weighted by molar-refractivity contribution is -0.225. The molecule has 5 atom stereocenters. The van der Waals surface area contributed by atoms with Gasteiger partial charge in [0.1, 0.15) is 11.0 Å². The number of hydrogen-bond donors (Lipinski definition) is 1. The van der Waals surface area contributed by atoms with Gasteiger partial charge in [-0.2, -0.15) is 0 Å². The maximum atomic E-state index is 12.2. The number of fused-ring (bicyclic) bond motifs is 5. The van der Waals surface area contributed by atoms with Crippen LogP contribution in [0.5, 0.6) is 0 Å². The summed E-state index contributed by atoms with van der Waals surface area (Å²) in [6, 6.07) is 0. The van der Waals surface area contributed by atoms with Crippen molar-refractivity contribution in [2.24, 2.45) is 11.8 Å². The van der Waals surface area contributed by atoms with E-state index in [2.05, 4.69) is 0 Å². The van der Waals surface area contributed by atoms with Crippen molar-refractivity contribution in [1.82, 2.24) is 0 Å². The first-order valence-electron chi connectivity index (χ1n) is 6.13. The van der Waals surface area contributed by atoms with Crippen LogP contribution in [0.3, 0.4) is 0 Å². The van der Waals surface area contributed by atoms with Crippen molar-refractivity contribution in [2.45, 2.75) is 21.6 Å². The highest BCUT2D eigenvalue weighted by molar-refractivity contribution is 6.52. The van der Waals surface area contributed by atoms with E-state index in [1.807, 2.05) is 0 Å². The molecule has 1 aliphatic heterocycles. The molecule has 3 rings (SSSR count). The fraction of sp³-hybridized carbons (Fsp3) is 0.750. The lowest BCUT2D eigenvalue weighted by Gasteiger charge is -2.42. The van der Waals surface area contributed by atoms with Crippen molar-refractivity contribution < 1.29 is 24.1 Å². The molecule has 0 amide bonds. The predicted molar refractivity (Wildman–Crippen MR) is 76.6 cm³/mol. The average molecular weight is 378 g/mol. The summed E-state index contributed by atoms with van der Waals surface area (Å²) in [5, 5.41) is 9.52. The zero-order valence-corrected chi connectivity index (χ0v) is 14.1. The van der Waals surface area contributed by atoms with Crippen LogP contribution in [0.1, 0.15) is 0 Å². The lowest BCUT2D eigenvalue weighted by Crippen LogP contribution is -2.59. The third kappa shape index (κ3) is 1.37. The number of esters is 1. The highest BCUT2D eigenvalue weighted by Crippen LogP contribution is 2.75. The minimum absolute atomic E-state index is 0.00123. The molecule has 9 heteroatoms. The monoisotopic (exact) mass is 376 g/mol. The molecule has 2 fully saturated rings. The molecule has 0 aromatic heterocycles. The first-order valence-corrected chi connectivity index (χ1v) is 7.64. The van der Waals surface area contributed by atoms with Crippen LogP contribution in [0, 0.1) is 11.8 Å². The number of hydrogen-bond acceptors (Lipinski definition) is 5. The summed E-state index contributed by atoms with van der Waals surface area (Å²) in [6.07, 6.45) is -0.858. The summed E-state index contributed by atoms with van der Waals surface area (Å²) in [6.45, 7) is -0.417. The number of alkyl halides is 2. The quantitative estimate of drug-likeness (QED) is 0.461. The van der Waals surface area contributed by atoms with Gasteiger partial charge in [0.05, 0.1) is 22.6 Å². The van der Waals surface area contributed by atoms with Crippen LogP contribution in [0.15, 0.2) is 10.1 Å². The number of carbonyl (C=O) groups is 1. The average Bonchev–Trinajstić information content (AvgIpc) is 2.94. The molecule has 0 radical (unpaired) electrons. The van der Waals surface area contributed by atoms with Gasteiger partial charge >= 0.3 is 5.97 Å². The molecule has 0 aromatic carbocycles. The van der Waals surface area contributed by atoms with Crippen molar-refractivity contribution >= 4 is 52.4 Å². The molecule has 0 unspecified atom stereocenters. The molecule has 1 saturated carbocycles. The highest BCUT2D eigenvalue weighted by atomic mass is 35.5. The molecule has 0 spiro atoms. The van der Waals surface area contributed by atoms with Crippen LogP contribution in [-0.4, -0.2) is 53.5 Å². The van der Waals surface area contributed by atoms with Gasteiger partial charge in [0.2, 0.25) is 5.79 Å². The molecular weight excluding hydrogens is 366 g/mol. The van der Waals surface area contributed by atoms with Crippen LogP contribution in [-0.2, 0) is 19.0 Å². The van der Waals surface area contributed by atoms with Gasteiger partial charge < -0.3 is 19.3 Å². The number of ether oxygens (including phenoxy) is 3. The predicted octanol–water partition coefficient (Wildman–Crippen LogP) is 1.80. The standard InChI is InChI=1S/C12H12Cl4O5/c1-19-12(20-2)10(15)5-4(3-17)21-9(18)6(5)11(12,16)8(14)7(10)13/h4-6,17H,3H2,1-2H3/t4-,5-,6-,10+,11+/m1/s1. The van der Waals surface area contributed by atoms with Gasteiger partial charge in [-0.3, -0.25) is 4.79 Å². The Bertz CT molecular complexity index is 548. The molecule has 3 aliphatic rings. The fourth-order valence-electron chi connectivity index (χ4n) is 3.96. The smallest absolute Gasteiger partial charge is 0.312 e. The van der Waals surface area contributed by atoms with Crippen molar-refractivity contribution in [2.75, 3.05) is 20.8 Å². The molecule has 2 aliphatic carbocycles. The summed E-state index contributed by atoms with van der Waals surface area (Å²) in [5.41, 5.74) is 0. The molecule has 2 bridgehead atoms. The van der Waals surface area contributed by atoms with Gasteiger partial charge in [0, 0.05) is 20.1 Å². The second kappa shape index (κ2) is 4.63. The number of methoxy groups -OCH3 is 2. The summed E-state index contributed by atoms with van der Waals surface area (Å²) in [5.74, 6) is -3.90. The van der Waals surface area contributed by atoms with E-state index in [0.29, 0.717) is 0 Å². The van der Waals surface area contributed by atoms with Crippen molar-refractivity contribution in [1.29, 1.82) is 0 Å². The van der Waals surface area contributed by atoms with Gasteiger partial charge in [0.25, 0.3) is 0 Å². The van der Waals surface area contributed by atoms with Crippen molar-refractivity contribution in [3.05, 3.63) is 10.1 Å². The van der Waals surface area contributed by atoms with Crippen LogP contribution in [0.25, 0.3) is 0 Å². The molecule has 21 heavy (non-hydrogen) atoms. The van der Waals surface area contributed by atoms with E-state index in [-0.39, 0.29) is 10.1 Å². The van der Waals surface area contributed by atoms with Crippen molar-refractivity contribution in [3.63, 3.8) is 0 Å². The summed E-state index contributed by atoms with van der Waals surface area (Å²) < 4.78 is 16.1. The minimum atomic E-state index is -1.64. The van der Waals surface area contributed by atoms with Gasteiger partial charge in [-0.25, -0.2) is 0 Å².